The van der Waals surface area contributed by atoms with Crippen molar-refractivity contribution in [2.24, 2.45) is 11.8 Å². The van der Waals surface area contributed by atoms with Crippen LogP contribution < -0.4 is 10.6 Å². The van der Waals surface area contributed by atoms with E-state index in [0.717, 1.165) is 56.4 Å². The number of carbonyl (C=O) groups excluding carboxylic acids is 3. The third-order valence-electron chi connectivity index (χ3n) is 5.09. The normalized spacial score (nSPS) is 14.1. The van der Waals surface area contributed by atoms with Gasteiger partial charge in [0.2, 0.25) is 5.91 Å². The molecule has 27 heavy (non-hydrogen) atoms. The lowest BCUT2D eigenvalue weighted by atomic mass is 10.0. The Labute approximate surface area is 165 Å². The Bertz CT molecular complexity index is 429. The van der Waals surface area contributed by atoms with E-state index < -0.39 is 0 Å². The van der Waals surface area contributed by atoms with Gasteiger partial charge in [0.15, 0.2) is 0 Å². The molecule has 3 atom stereocenters. The maximum atomic E-state index is 12.2. The van der Waals surface area contributed by atoms with E-state index >= 15 is 0 Å². The van der Waals surface area contributed by atoms with Crippen molar-refractivity contribution < 1.29 is 14.4 Å². The lowest BCUT2D eigenvalue weighted by Gasteiger charge is -2.23. The fourth-order valence-electron chi connectivity index (χ4n) is 2.77. The highest BCUT2D eigenvalue weighted by molar-refractivity contribution is 5.85. The lowest BCUT2D eigenvalue weighted by molar-refractivity contribution is -0.121. The van der Waals surface area contributed by atoms with Crippen LogP contribution >= 0.6 is 0 Å². The number of urea groups is 1. The molecule has 0 heterocycles. The quantitative estimate of drug-likeness (QED) is 0.420. The summed E-state index contributed by atoms with van der Waals surface area (Å²) in [7, 11) is 0. The average molecular weight is 383 g/mol. The summed E-state index contributed by atoms with van der Waals surface area (Å²) in [5.74, 6) is 0.990. The Morgan fingerprint density at radius 1 is 0.963 bits per heavy atom. The zero-order valence-corrected chi connectivity index (χ0v) is 18.0. The van der Waals surface area contributed by atoms with Gasteiger partial charge in [0.25, 0.3) is 0 Å². The van der Waals surface area contributed by atoms with Gasteiger partial charge < -0.3 is 10.6 Å². The zero-order valence-electron chi connectivity index (χ0n) is 18.0. The van der Waals surface area contributed by atoms with E-state index in [1.54, 1.807) is 6.41 Å². The standard InChI is InChI=1S/C21H40N3O3/c1-6-8-11-19(5)24(16-25)21(27)23-15-18(4)10-9-12-20(26)22-14-13-17(3)7-2/h17-19H,6-15H2,1-5H3,(H,22,26)(H,23,27). The van der Waals surface area contributed by atoms with Gasteiger partial charge in [-0.25, -0.2) is 4.79 Å². The highest BCUT2D eigenvalue weighted by Crippen LogP contribution is 2.10. The summed E-state index contributed by atoms with van der Waals surface area (Å²) in [6.07, 6.45) is 8.86. The van der Waals surface area contributed by atoms with Gasteiger partial charge >= 0.3 is 12.4 Å². The van der Waals surface area contributed by atoms with Crippen LogP contribution in [-0.4, -0.2) is 42.4 Å². The minimum atomic E-state index is -0.386. The van der Waals surface area contributed by atoms with Gasteiger partial charge in [-0.2, -0.15) is 0 Å². The molecule has 0 spiro atoms. The molecule has 0 aliphatic carbocycles. The third-order valence-corrected chi connectivity index (χ3v) is 5.09. The van der Waals surface area contributed by atoms with E-state index in [1.165, 1.54) is 0 Å². The number of hydrogen-bond acceptors (Lipinski definition) is 3. The molecule has 0 bridgehead atoms. The van der Waals surface area contributed by atoms with E-state index in [9.17, 15) is 14.4 Å². The molecule has 157 valence electrons. The molecule has 0 rings (SSSR count). The number of amides is 4. The van der Waals surface area contributed by atoms with Crippen molar-refractivity contribution in [3.8, 4) is 0 Å². The van der Waals surface area contributed by atoms with Crippen LogP contribution in [0, 0.1) is 11.8 Å². The molecule has 0 aliphatic heterocycles. The summed E-state index contributed by atoms with van der Waals surface area (Å²) in [6.45, 7) is 11.6. The summed E-state index contributed by atoms with van der Waals surface area (Å²) in [4.78, 5) is 36.2. The van der Waals surface area contributed by atoms with Gasteiger partial charge in [-0.05, 0) is 44.4 Å². The summed E-state index contributed by atoms with van der Waals surface area (Å²) >= 11 is 0. The first-order valence-electron chi connectivity index (χ1n) is 10.6. The van der Waals surface area contributed by atoms with Gasteiger partial charge in [-0.15, -0.1) is 0 Å². The molecule has 4 amide bonds. The Morgan fingerprint density at radius 3 is 2.26 bits per heavy atom. The Morgan fingerprint density at radius 2 is 1.67 bits per heavy atom. The highest BCUT2D eigenvalue weighted by Gasteiger charge is 2.20. The molecule has 0 saturated heterocycles. The maximum absolute atomic E-state index is 12.2. The van der Waals surface area contributed by atoms with Gasteiger partial charge in [-0.3, -0.25) is 14.5 Å². The van der Waals surface area contributed by atoms with E-state index in [2.05, 4.69) is 31.4 Å². The Balaban J connectivity index is 3.97. The second-order valence-electron chi connectivity index (χ2n) is 7.79. The molecule has 2 N–H and O–H groups in total. The number of unbranched alkanes of at least 4 members (excludes halogenated alkanes) is 1. The zero-order chi connectivity index (χ0) is 20.7. The lowest BCUT2D eigenvalue weighted by Crippen LogP contribution is -2.45. The number of imide groups is 1. The van der Waals surface area contributed by atoms with Gasteiger partial charge in [0, 0.05) is 25.6 Å². The summed E-state index contributed by atoms with van der Waals surface area (Å²) in [6, 6.07) is -0.528. The van der Waals surface area contributed by atoms with Crippen LogP contribution in [0.5, 0.6) is 0 Å². The van der Waals surface area contributed by atoms with Gasteiger partial charge in [-0.1, -0.05) is 47.0 Å². The van der Waals surface area contributed by atoms with E-state index in [0.29, 0.717) is 18.9 Å². The smallest absolute Gasteiger partial charge is 0.324 e. The Kier molecular flexibility index (Phi) is 14.6. The molecular weight excluding hydrogens is 342 g/mol. The molecular formula is C21H40N3O3. The molecule has 3 unspecified atom stereocenters. The topological polar surface area (TPSA) is 78.5 Å². The molecule has 0 fully saturated rings. The molecule has 6 heteroatoms. The van der Waals surface area contributed by atoms with Crippen LogP contribution in [0.3, 0.4) is 0 Å². The molecule has 0 aromatic carbocycles. The first-order chi connectivity index (χ1) is 12.8. The van der Waals surface area contributed by atoms with Crippen LogP contribution in [0.25, 0.3) is 0 Å². The van der Waals surface area contributed by atoms with Gasteiger partial charge in [0.1, 0.15) is 0 Å². The summed E-state index contributed by atoms with van der Waals surface area (Å²) < 4.78 is 0. The number of nitrogens with one attached hydrogen (secondary N) is 2. The van der Waals surface area contributed by atoms with Crippen molar-refractivity contribution in [2.75, 3.05) is 13.1 Å². The van der Waals surface area contributed by atoms with Crippen LogP contribution in [0.1, 0.15) is 86.0 Å². The van der Waals surface area contributed by atoms with E-state index in [-0.39, 0.29) is 23.9 Å². The fourth-order valence-corrected chi connectivity index (χ4v) is 2.77. The number of nitrogens with zero attached hydrogens (tertiary/aromatic N) is 1. The third kappa shape index (κ3) is 12.4. The Hall–Kier alpha value is -1.59. The molecule has 0 aliphatic rings. The number of rotatable bonds is 15. The molecule has 0 aromatic rings. The van der Waals surface area contributed by atoms with Crippen molar-refractivity contribution in [3.05, 3.63) is 0 Å². The maximum Gasteiger partial charge on any atom is 0.324 e. The van der Waals surface area contributed by atoms with Gasteiger partial charge in [0.05, 0.1) is 0 Å². The largest absolute Gasteiger partial charge is 0.356 e. The molecule has 0 saturated carbocycles. The minimum absolute atomic E-state index is 0.0982. The average Bonchev–Trinajstić information content (AvgIpc) is 2.65. The van der Waals surface area contributed by atoms with Crippen molar-refractivity contribution in [1.82, 2.24) is 15.5 Å². The minimum Gasteiger partial charge on any atom is -0.356 e. The van der Waals surface area contributed by atoms with Crippen LogP contribution in [0.2, 0.25) is 0 Å². The second-order valence-corrected chi connectivity index (χ2v) is 7.79. The fraction of sp³-hybridized carbons (Fsp3) is 0.857. The van der Waals surface area contributed by atoms with Crippen molar-refractivity contribution >= 4 is 18.3 Å². The van der Waals surface area contributed by atoms with E-state index in [1.807, 2.05) is 13.8 Å². The monoisotopic (exact) mass is 382 g/mol. The predicted molar refractivity (Wildman–Crippen MR) is 110 cm³/mol. The van der Waals surface area contributed by atoms with Crippen LogP contribution in [0.15, 0.2) is 0 Å². The highest BCUT2D eigenvalue weighted by atomic mass is 16.2. The first-order valence-corrected chi connectivity index (χ1v) is 10.6. The number of carbonyl (C=O) groups is 2. The molecule has 1 radical (unpaired) electrons. The number of hydrogen-bond donors (Lipinski definition) is 2. The molecule has 0 aromatic heterocycles. The van der Waals surface area contributed by atoms with Crippen LogP contribution in [-0.2, 0) is 9.59 Å². The van der Waals surface area contributed by atoms with Crippen molar-refractivity contribution in [2.45, 2.75) is 92.0 Å². The van der Waals surface area contributed by atoms with Crippen LogP contribution in [0.4, 0.5) is 4.79 Å². The van der Waals surface area contributed by atoms with Crippen molar-refractivity contribution in [3.63, 3.8) is 0 Å². The molecule has 6 nitrogen and oxygen atoms in total. The first kappa shape index (κ1) is 25.4. The van der Waals surface area contributed by atoms with E-state index in [4.69, 9.17) is 0 Å². The second kappa shape index (κ2) is 15.5. The summed E-state index contributed by atoms with van der Waals surface area (Å²) in [5.41, 5.74) is 0. The SMILES string of the molecule is CCCCC(C)N([C]=O)C(=O)NCC(C)CCCC(=O)NCCC(C)CC. The summed E-state index contributed by atoms with van der Waals surface area (Å²) in [5, 5.41) is 5.77. The predicted octanol–water partition coefficient (Wildman–Crippen LogP) is 4.00. The van der Waals surface area contributed by atoms with Crippen molar-refractivity contribution in [1.29, 1.82) is 0 Å².